The van der Waals surface area contributed by atoms with Crippen molar-refractivity contribution >= 4 is 5.69 Å². The molecule has 0 fully saturated rings. The van der Waals surface area contributed by atoms with Gasteiger partial charge < -0.3 is 5.73 Å². The van der Waals surface area contributed by atoms with Crippen molar-refractivity contribution in [1.29, 1.82) is 0 Å². The fourth-order valence-corrected chi connectivity index (χ4v) is 1.24. The van der Waals surface area contributed by atoms with Crippen LogP contribution in [-0.2, 0) is 6.42 Å². The van der Waals surface area contributed by atoms with E-state index in [1.54, 1.807) is 6.07 Å². The van der Waals surface area contributed by atoms with Crippen LogP contribution in [0.25, 0.3) is 0 Å². The van der Waals surface area contributed by atoms with Crippen LogP contribution in [0.5, 0.6) is 0 Å². The highest BCUT2D eigenvalue weighted by atomic mass is 19.1. The van der Waals surface area contributed by atoms with Gasteiger partial charge in [0.25, 0.3) is 0 Å². The Labute approximate surface area is 78.8 Å². The number of hydrogen-bond donors (Lipinski definition) is 1. The summed E-state index contributed by atoms with van der Waals surface area (Å²) in [6.07, 6.45) is 2.03. The Morgan fingerprint density at radius 1 is 1.38 bits per heavy atom. The molecule has 1 aromatic rings. The van der Waals surface area contributed by atoms with Gasteiger partial charge >= 0.3 is 0 Å². The summed E-state index contributed by atoms with van der Waals surface area (Å²) >= 11 is 0. The third-order valence-electron chi connectivity index (χ3n) is 2.10. The van der Waals surface area contributed by atoms with Gasteiger partial charge in [0, 0.05) is 5.69 Å². The van der Waals surface area contributed by atoms with Gasteiger partial charge in [-0.1, -0.05) is 19.9 Å². The molecule has 72 valence electrons. The second-order valence-electron chi connectivity index (χ2n) is 3.78. The number of hydrogen-bond acceptors (Lipinski definition) is 1. The fraction of sp³-hybridized carbons (Fsp3) is 0.455. The van der Waals surface area contributed by atoms with E-state index in [-0.39, 0.29) is 5.82 Å². The zero-order valence-electron chi connectivity index (χ0n) is 8.18. The van der Waals surface area contributed by atoms with Crippen LogP contribution in [0.4, 0.5) is 10.1 Å². The molecule has 0 aliphatic carbocycles. The summed E-state index contributed by atoms with van der Waals surface area (Å²) in [5.41, 5.74) is 7.29. The number of rotatable bonds is 3. The van der Waals surface area contributed by atoms with E-state index in [0.29, 0.717) is 11.6 Å². The molecule has 1 nitrogen and oxygen atoms in total. The molecule has 0 unspecified atom stereocenters. The van der Waals surface area contributed by atoms with Crippen molar-refractivity contribution in [2.75, 3.05) is 5.73 Å². The van der Waals surface area contributed by atoms with Gasteiger partial charge in [-0.2, -0.15) is 0 Å². The normalized spacial score (nSPS) is 10.8. The van der Waals surface area contributed by atoms with Gasteiger partial charge in [-0.25, -0.2) is 4.39 Å². The molecular formula is C11H16FN. The molecule has 0 saturated heterocycles. The van der Waals surface area contributed by atoms with E-state index in [2.05, 4.69) is 13.8 Å². The molecule has 0 spiro atoms. The predicted octanol–water partition coefficient (Wildman–Crippen LogP) is 3.00. The predicted molar refractivity (Wildman–Crippen MR) is 54.0 cm³/mol. The van der Waals surface area contributed by atoms with E-state index >= 15 is 0 Å². The highest BCUT2D eigenvalue weighted by Gasteiger charge is 2.01. The van der Waals surface area contributed by atoms with Crippen LogP contribution in [0.15, 0.2) is 18.2 Å². The lowest BCUT2D eigenvalue weighted by atomic mass is 10.0. The van der Waals surface area contributed by atoms with E-state index in [9.17, 15) is 4.39 Å². The second-order valence-corrected chi connectivity index (χ2v) is 3.78. The Bertz CT molecular complexity index is 281. The lowest BCUT2D eigenvalue weighted by Gasteiger charge is -2.07. The maximum absolute atomic E-state index is 12.7. The third-order valence-corrected chi connectivity index (χ3v) is 2.10. The first-order valence-electron chi connectivity index (χ1n) is 4.63. The lowest BCUT2D eigenvalue weighted by molar-refractivity contribution is 0.585. The van der Waals surface area contributed by atoms with Crippen molar-refractivity contribution in [3.05, 3.63) is 29.6 Å². The second kappa shape index (κ2) is 4.26. The molecule has 1 rings (SSSR count). The lowest BCUT2D eigenvalue weighted by Crippen LogP contribution is -1.98. The van der Waals surface area contributed by atoms with Crippen LogP contribution in [0.2, 0.25) is 0 Å². The summed E-state index contributed by atoms with van der Waals surface area (Å²) in [5.74, 6) is 0.398. The van der Waals surface area contributed by atoms with Crippen molar-refractivity contribution in [2.24, 2.45) is 5.92 Å². The molecule has 0 amide bonds. The third kappa shape index (κ3) is 3.05. The molecule has 1 aromatic carbocycles. The molecule has 0 aliphatic rings. The topological polar surface area (TPSA) is 26.0 Å². The minimum Gasteiger partial charge on any atom is -0.398 e. The van der Waals surface area contributed by atoms with Crippen molar-refractivity contribution in [2.45, 2.75) is 26.7 Å². The summed E-state index contributed by atoms with van der Waals surface area (Å²) in [6, 6.07) is 4.62. The van der Waals surface area contributed by atoms with Gasteiger partial charge in [-0.15, -0.1) is 0 Å². The molecule has 0 heterocycles. The zero-order valence-corrected chi connectivity index (χ0v) is 8.18. The smallest absolute Gasteiger partial charge is 0.125 e. The Morgan fingerprint density at radius 2 is 2.08 bits per heavy atom. The average Bonchev–Trinajstić information content (AvgIpc) is 2.02. The van der Waals surface area contributed by atoms with Crippen LogP contribution in [0, 0.1) is 11.7 Å². The number of nitrogens with two attached hydrogens (primary N) is 1. The summed E-state index contributed by atoms with van der Waals surface area (Å²) in [6.45, 7) is 4.33. The number of nitrogen functional groups attached to an aromatic ring is 1. The molecule has 13 heavy (non-hydrogen) atoms. The van der Waals surface area contributed by atoms with Crippen LogP contribution in [0.3, 0.4) is 0 Å². The van der Waals surface area contributed by atoms with Crippen molar-refractivity contribution in [3.8, 4) is 0 Å². The van der Waals surface area contributed by atoms with E-state index in [1.807, 2.05) is 0 Å². The van der Waals surface area contributed by atoms with Gasteiger partial charge in [0.15, 0.2) is 0 Å². The van der Waals surface area contributed by atoms with E-state index in [4.69, 9.17) is 5.73 Å². The Kier molecular flexibility index (Phi) is 3.29. The van der Waals surface area contributed by atoms with Gasteiger partial charge in [0.05, 0.1) is 0 Å². The maximum Gasteiger partial charge on any atom is 0.125 e. The zero-order chi connectivity index (χ0) is 9.84. The fourth-order valence-electron chi connectivity index (χ4n) is 1.24. The van der Waals surface area contributed by atoms with Crippen LogP contribution < -0.4 is 5.73 Å². The summed E-state index contributed by atoms with van der Waals surface area (Å²) < 4.78 is 12.7. The summed E-state index contributed by atoms with van der Waals surface area (Å²) in [5, 5.41) is 0. The van der Waals surface area contributed by atoms with Crippen LogP contribution in [0.1, 0.15) is 25.8 Å². The Hall–Kier alpha value is -1.05. The van der Waals surface area contributed by atoms with E-state index < -0.39 is 0 Å². The highest BCUT2D eigenvalue weighted by molar-refractivity contribution is 5.46. The largest absolute Gasteiger partial charge is 0.398 e. The first-order valence-corrected chi connectivity index (χ1v) is 4.63. The van der Waals surface area contributed by atoms with Gasteiger partial charge in [-0.3, -0.25) is 0 Å². The highest BCUT2D eigenvalue weighted by Crippen LogP contribution is 2.17. The molecule has 0 atom stereocenters. The summed E-state index contributed by atoms with van der Waals surface area (Å²) in [4.78, 5) is 0. The SMILES string of the molecule is CC(C)CCc1ccc(F)cc1N. The van der Waals surface area contributed by atoms with Crippen molar-refractivity contribution in [3.63, 3.8) is 0 Å². The van der Waals surface area contributed by atoms with E-state index in [0.717, 1.165) is 18.4 Å². The molecule has 0 saturated carbocycles. The molecule has 2 heteroatoms. The van der Waals surface area contributed by atoms with Crippen molar-refractivity contribution < 1.29 is 4.39 Å². The Morgan fingerprint density at radius 3 is 2.62 bits per heavy atom. The van der Waals surface area contributed by atoms with Crippen molar-refractivity contribution in [1.82, 2.24) is 0 Å². The van der Waals surface area contributed by atoms with Gasteiger partial charge in [0.1, 0.15) is 5.82 Å². The first kappa shape index (κ1) is 10.0. The number of aryl methyl sites for hydroxylation is 1. The maximum atomic E-state index is 12.7. The minimum atomic E-state index is -0.259. The van der Waals surface area contributed by atoms with Crippen LogP contribution >= 0.6 is 0 Å². The van der Waals surface area contributed by atoms with Gasteiger partial charge in [-0.05, 0) is 36.5 Å². The van der Waals surface area contributed by atoms with Gasteiger partial charge in [0.2, 0.25) is 0 Å². The molecular weight excluding hydrogens is 165 g/mol. The molecule has 0 bridgehead atoms. The molecule has 0 aliphatic heterocycles. The summed E-state index contributed by atoms with van der Waals surface area (Å²) in [7, 11) is 0. The van der Waals surface area contributed by atoms with E-state index in [1.165, 1.54) is 12.1 Å². The number of anilines is 1. The average molecular weight is 181 g/mol. The molecule has 0 radical (unpaired) electrons. The monoisotopic (exact) mass is 181 g/mol. The molecule has 0 aromatic heterocycles. The number of halogens is 1. The Balaban J connectivity index is 2.67. The molecule has 2 N–H and O–H groups in total. The first-order chi connectivity index (χ1) is 6.09. The number of benzene rings is 1. The van der Waals surface area contributed by atoms with Crippen LogP contribution in [-0.4, -0.2) is 0 Å². The quantitative estimate of drug-likeness (QED) is 0.713. The minimum absolute atomic E-state index is 0.259. The standard InChI is InChI=1S/C11H16FN/c1-8(2)3-4-9-5-6-10(12)7-11(9)13/h5-8H,3-4,13H2,1-2H3.